The molecule has 49 heavy (non-hydrogen) atoms. The van der Waals surface area contributed by atoms with Crippen LogP contribution in [-0.2, 0) is 33.3 Å². The SMILES string of the molecule is CC(=O)N[C@H]1[C@H](Oc2ccc([N+](=O)[O-])cc2)O[C@H](CO)[C@@H](O[C@@H]2O[C@H](CO[C@@H]3O[C@H](CO)[C@@H](O)[C@H](O)[C@H]3NC(C)=O)[C@H](O)[C@H](O)[C@H]2O)[C@@H]1O. The van der Waals surface area contributed by atoms with Crippen LogP contribution in [-0.4, -0.2) is 169 Å². The van der Waals surface area contributed by atoms with Crippen molar-refractivity contribution in [3.63, 3.8) is 0 Å². The first-order chi connectivity index (χ1) is 23.2. The van der Waals surface area contributed by atoms with Crippen LogP contribution in [0.1, 0.15) is 13.8 Å². The molecule has 3 aliphatic rings. The maximum atomic E-state index is 12.0. The van der Waals surface area contributed by atoms with E-state index in [1.807, 2.05) is 0 Å². The van der Waals surface area contributed by atoms with Gasteiger partial charge in [0.05, 0.1) is 24.7 Å². The van der Waals surface area contributed by atoms with Gasteiger partial charge in [-0.2, -0.15) is 0 Å². The molecule has 1 aromatic rings. The Kier molecular flexibility index (Phi) is 13.2. The fourth-order valence-corrected chi connectivity index (χ4v) is 5.63. The fraction of sp³-hybridized carbons (Fsp3) is 0.714. The Labute approximate surface area is 278 Å². The molecule has 0 bridgehead atoms. The van der Waals surface area contributed by atoms with Gasteiger partial charge in [-0.05, 0) is 12.1 Å². The number of nitro groups is 1. The van der Waals surface area contributed by atoms with Gasteiger partial charge >= 0.3 is 0 Å². The predicted molar refractivity (Wildman–Crippen MR) is 156 cm³/mol. The maximum absolute atomic E-state index is 12.0. The van der Waals surface area contributed by atoms with E-state index in [-0.39, 0.29) is 11.4 Å². The van der Waals surface area contributed by atoms with Crippen LogP contribution in [0.2, 0.25) is 0 Å². The van der Waals surface area contributed by atoms with Crippen molar-refractivity contribution in [2.75, 3.05) is 19.8 Å². The second kappa shape index (κ2) is 16.7. The largest absolute Gasteiger partial charge is 0.463 e. The number of aliphatic hydroxyl groups is 8. The number of nitrogens with zero attached hydrogens (tertiary/aromatic N) is 1. The van der Waals surface area contributed by atoms with Crippen molar-refractivity contribution in [3.8, 4) is 5.75 Å². The minimum atomic E-state index is -1.94. The third-order valence-electron chi connectivity index (χ3n) is 8.16. The summed E-state index contributed by atoms with van der Waals surface area (Å²) in [7, 11) is 0. The number of amides is 2. The molecule has 3 fully saturated rings. The van der Waals surface area contributed by atoms with E-state index in [9.17, 15) is 60.6 Å². The summed E-state index contributed by atoms with van der Waals surface area (Å²) in [6.07, 6.45) is -21.3. The highest BCUT2D eigenvalue weighted by Crippen LogP contribution is 2.32. The molecule has 0 aromatic heterocycles. The highest BCUT2D eigenvalue weighted by molar-refractivity contribution is 5.73. The molecule has 3 heterocycles. The first-order valence-corrected chi connectivity index (χ1v) is 15.2. The van der Waals surface area contributed by atoms with Crippen LogP contribution in [0.3, 0.4) is 0 Å². The Morgan fingerprint density at radius 2 is 1.27 bits per heavy atom. The topological polar surface area (TPSA) is 319 Å². The zero-order valence-electron chi connectivity index (χ0n) is 26.2. The van der Waals surface area contributed by atoms with Gasteiger partial charge in [-0.25, -0.2) is 0 Å². The third-order valence-corrected chi connectivity index (χ3v) is 8.16. The molecular weight excluding hydrogens is 666 g/mol. The number of carbonyl (C=O) groups excluding carboxylic acids is 2. The summed E-state index contributed by atoms with van der Waals surface area (Å²) < 4.78 is 34.1. The van der Waals surface area contributed by atoms with E-state index in [1.165, 1.54) is 12.1 Å². The van der Waals surface area contributed by atoms with Crippen LogP contribution in [0.15, 0.2) is 24.3 Å². The van der Waals surface area contributed by atoms with Crippen molar-refractivity contribution in [1.82, 2.24) is 10.6 Å². The molecule has 3 aliphatic heterocycles. The molecule has 0 radical (unpaired) electrons. The molecule has 0 aliphatic carbocycles. The quantitative estimate of drug-likeness (QED) is 0.0716. The molecule has 276 valence electrons. The highest BCUT2D eigenvalue weighted by Gasteiger charge is 2.52. The lowest BCUT2D eigenvalue weighted by Crippen LogP contribution is -2.68. The zero-order chi connectivity index (χ0) is 36.2. The molecule has 3 saturated heterocycles. The lowest BCUT2D eigenvalue weighted by molar-refractivity contribution is -0.384. The average Bonchev–Trinajstić information content (AvgIpc) is 3.06. The first-order valence-electron chi connectivity index (χ1n) is 15.2. The Bertz CT molecular complexity index is 1280. The zero-order valence-corrected chi connectivity index (χ0v) is 26.2. The minimum absolute atomic E-state index is 0.0511. The molecule has 21 nitrogen and oxygen atoms in total. The van der Waals surface area contributed by atoms with E-state index >= 15 is 0 Å². The highest BCUT2D eigenvalue weighted by atomic mass is 16.7. The van der Waals surface area contributed by atoms with Crippen molar-refractivity contribution in [1.29, 1.82) is 0 Å². The number of ether oxygens (including phenoxy) is 6. The van der Waals surface area contributed by atoms with Crippen LogP contribution < -0.4 is 15.4 Å². The number of aliphatic hydroxyl groups excluding tert-OH is 8. The van der Waals surface area contributed by atoms with Crippen molar-refractivity contribution < 1.29 is 83.8 Å². The van der Waals surface area contributed by atoms with Crippen LogP contribution in [0, 0.1) is 10.1 Å². The molecule has 4 rings (SSSR count). The number of hydrogen-bond donors (Lipinski definition) is 10. The van der Waals surface area contributed by atoms with Gasteiger partial charge in [-0.3, -0.25) is 19.7 Å². The lowest BCUT2D eigenvalue weighted by atomic mass is 9.95. The summed E-state index contributed by atoms with van der Waals surface area (Å²) in [4.78, 5) is 34.1. The number of benzene rings is 1. The summed E-state index contributed by atoms with van der Waals surface area (Å²) in [5.74, 6) is -1.21. The third kappa shape index (κ3) is 8.96. The van der Waals surface area contributed by atoms with Crippen LogP contribution in [0.25, 0.3) is 0 Å². The Balaban J connectivity index is 1.49. The minimum Gasteiger partial charge on any atom is -0.463 e. The maximum Gasteiger partial charge on any atom is 0.269 e. The van der Waals surface area contributed by atoms with Crippen molar-refractivity contribution in [2.24, 2.45) is 0 Å². The molecule has 1 aromatic carbocycles. The number of hydrogen-bond acceptors (Lipinski definition) is 18. The average molecular weight is 708 g/mol. The normalized spacial score (nSPS) is 39.5. The molecular formula is C28H41N3O18. The summed E-state index contributed by atoms with van der Waals surface area (Å²) in [6.45, 7) is 0.0874. The van der Waals surface area contributed by atoms with E-state index in [1.54, 1.807) is 0 Å². The van der Waals surface area contributed by atoms with Crippen LogP contribution in [0.5, 0.6) is 5.75 Å². The predicted octanol–water partition coefficient (Wildman–Crippen LogP) is -5.29. The number of rotatable bonds is 12. The van der Waals surface area contributed by atoms with Gasteiger partial charge < -0.3 is 79.9 Å². The van der Waals surface area contributed by atoms with Gasteiger partial charge in [-0.1, -0.05) is 0 Å². The van der Waals surface area contributed by atoms with Crippen LogP contribution >= 0.6 is 0 Å². The van der Waals surface area contributed by atoms with E-state index in [2.05, 4.69) is 10.6 Å². The van der Waals surface area contributed by atoms with E-state index < -0.39 is 129 Å². The summed E-state index contributed by atoms with van der Waals surface area (Å²) in [6, 6.07) is 2.07. The lowest BCUT2D eigenvalue weighted by Gasteiger charge is -2.47. The molecule has 21 heteroatoms. The van der Waals surface area contributed by atoms with Gasteiger partial charge in [-0.15, -0.1) is 0 Å². The van der Waals surface area contributed by atoms with Crippen molar-refractivity contribution in [3.05, 3.63) is 34.4 Å². The van der Waals surface area contributed by atoms with Crippen molar-refractivity contribution >= 4 is 17.5 Å². The monoisotopic (exact) mass is 707 g/mol. The summed E-state index contributed by atoms with van der Waals surface area (Å²) >= 11 is 0. The van der Waals surface area contributed by atoms with E-state index in [0.717, 1.165) is 26.0 Å². The van der Waals surface area contributed by atoms with Gasteiger partial charge in [0.1, 0.15) is 78.9 Å². The smallest absolute Gasteiger partial charge is 0.269 e. The van der Waals surface area contributed by atoms with Gasteiger partial charge in [0, 0.05) is 26.0 Å². The summed E-state index contributed by atoms with van der Waals surface area (Å²) in [5.41, 5.74) is -0.233. The van der Waals surface area contributed by atoms with E-state index in [4.69, 9.17) is 28.4 Å². The Hall–Kier alpha value is -3.16. The number of carbonyl (C=O) groups is 2. The number of nitrogens with one attached hydrogen (secondary N) is 2. The fourth-order valence-electron chi connectivity index (χ4n) is 5.63. The van der Waals surface area contributed by atoms with E-state index in [0.29, 0.717) is 0 Å². The number of non-ortho nitro benzene ring substituents is 1. The Morgan fingerprint density at radius 1 is 0.735 bits per heavy atom. The van der Waals surface area contributed by atoms with Gasteiger partial charge in [0.15, 0.2) is 12.6 Å². The molecule has 15 atom stereocenters. The van der Waals surface area contributed by atoms with Crippen molar-refractivity contribution in [2.45, 2.75) is 106 Å². The second-order valence-corrected chi connectivity index (χ2v) is 11.7. The first kappa shape index (κ1) is 38.6. The molecule has 0 saturated carbocycles. The van der Waals surface area contributed by atoms with Gasteiger partial charge in [0.2, 0.25) is 18.1 Å². The Morgan fingerprint density at radius 3 is 1.82 bits per heavy atom. The molecule has 0 spiro atoms. The molecule has 2 amide bonds. The van der Waals surface area contributed by atoms with Gasteiger partial charge in [0.25, 0.3) is 5.69 Å². The number of nitro benzene ring substituents is 1. The second-order valence-electron chi connectivity index (χ2n) is 11.7. The molecule has 0 unspecified atom stereocenters. The van der Waals surface area contributed by atoms with Crippen LogP contribution in [0.4, 0.5) is 5.69 Å². The summed E-state index contributed by atoms with van der Waals surface area (Å²) in [5, 5.41) is 99.5. The standard InChI is InChI=1S/C28H41N3O18/c1-10(34)29-17-21(38)19(36)14(7-32)46-26(17)44-9-16-20(37)23(40)24(41)28(48-16)49-25-15(8-33)47-27(18(22(25)39)30-11(2)35)45-13-5-3-12(4-6-13)31(42)43/h3-6,14-28,32-33,36-41H,7-9H2,1-2H3,(H,29,34)(H,30,35)/t14-,15-,16-,17-,18-,19-,20+,21-,22-,23+,24-,25-,26-,27-,28+/m1/s1. The molecule has 10 N–H and O–H groups in total.